The number of pyridine rings is 1. The molecule has 3 rings (SSSR count). The summed E-state index contributed by atoms with van der Waals surface area (Å²) >= 11 is 0. The summed E-state index contributed by atoms with van der Waals surface area (Å²) in [7, 11) is 0. The fourth-order valence-corrected chi connectivity index (χ4v) is 1.97. The van der Waals surface area contributed by atoms with Gasteiger partial charge in [-0.3, -0.25) is 4.79 Å². The van der Waals surface area contributed by atoms with E-state index in [9.17, 15) is 9.90 Å². The number of aliphatic hydroxyl groups excluding tert-OH is 1. The van der Waals surface area contributed by atoms with Crippen LogP contribution in [0.15, 0.2) is 36.4 Å². The standard InChI is InChI=1S/C13H12N2O2/c16-10-7-15(8-10)13(17)12-6-5-9-3-1-2-4-11(9)14-12/h1-6,10,16H,7-8H2. The molecule has 4 nitrogen and oxygen atoms in total. The number of aliphatic hydroxyl groups is 1. The molecule has 0 atom stereocenters. The maximum atomic E-state index is 12.0. The number of nitrogens with zero attached hydrogens (tertiary/aromatic N) is 2. The third-order valence-electron chi connectivity index (χ3n) is 2.97. The maximum absolute atomic E-state index is 12.0. The third-order valence-corrected chi connectivity index (χ3v) is 2.97. The molecule has 17 heavy (non-hydrogen) atoms. The fraction of sp³-hybridized carbons (Fsp3) is 0.231. The van der Waals surface area contributed by atoms with Crippen molar-refractivity contribution in [3.63, 3.8) is 0 Å². The molecule has 1 saturated heterocycles. The molecule has 1 N–H and O–H groups in total. The lowest BCUT2D eigenvalue weighted by Crippen LogP contribution is -2.53. The molecule has 2 aromatic rings. The number of hydrogen-bond acceptors (Lipinski definition) is 3. The molecule has 0 aliphatic carbocycles. The van der Waals surface area contributed by atoms with Gasteiger partial charge < -0.3 is 10.0 Å². The van der Waals surface area contributed by atoms with Crippen molar-refractivity contribution in [2.24, 2.45) is 0 Å². The predicted molar refractivity (Wildman–Crippen MR) is 63.7 cm³/mol. The number of para-hydroxylation sites is 1. The number of β-amino-alcohol motifs (C(OH)–C–C–N with tert-alkyl or cyclic N) is 1. The number of benzene rings is 1. The highest BCUT2D eigenvalue weighted by Crippen LogP contribution is 2.15. The minimum absolute atomic E-state index is 0.110. The Bertz CT molecular complexity index is 576. The van der Waals surface area contributed by atoms with Crippen molar-refractivity contribution in [3.05, 3.63) is 42.1 Å². The maximum Gasteiger partial charge on any atom is 0.272 e. The van der Waals surface area contributed by atoms with Crippen LogP contribution in [0.4, 0.5) is 0 Å². The van der Waals surface area contributed by atoms with Gasteiger partial charge in [-0.25, -0.2) is 4.98 Å². The molecule has 86 valence electrons. The number of amides is 1. The van der Waals surface area contributed by atoms with Gasteiger partial charge in [-0.1, -0.05) is 24.3 Å². The Balaban J connectivity index is 1.92. The van der Waals surface area contributed by atoms with Crippen LogP contribution in [0.1, 0.15) is 10.5 Å². The average molecular weight is 228 g/mol. The van der Waals surface area contributed by atoms with Crippen LogP contribution >= 0.6 is 0 Å². The summed E-state index contributed by atoms with van der Waals surface area (Å²) in [5, 5.41) is 10.2. The van der Waals surface area contributed by atoms with E-state index in [1.807, 2.05) is 30.3 Å². The first-order valence-corrected chi connectivity index (χ1v) is 5.57. The van der Waals surface area contributed by atoms with Crippen molar-refractivity contribution in [2.45, 2.75) is 6.10 Å². The molecule has 4 heteroatoms. The largest absolute Gasteiger partial charge is 0.389 e. The van der Waals surface area contributed by atoms with Gasteiger partial charge in [0.1, 0.15) is 5.69 Å². The van der Waals surface area contributed by atoms with Crippen molar-refractivity contribution < 1.29 is 9.90 Å². The molecular weight excluding hydrogens is 216 g/mol. The van der Waals surface area contributed by atoms with Gasteiger partial charge in [0.15, 0.2) is 0 Å². The highest BCUT2D eigenvalue weighted by atomic mass is 16.3. The number of hydrogen-bond donors (Lipinski definition) is 1. The van der Waals surface area contributed by atoms with E-state index >= 15 is 0 Å². The quantitative estimate of drug-likeness (QED) is 0.793. The highest BCUT2D eigenvalue weighted by Gasteiger charge is 2.30. The third kappa shape index (κ3) is 1.76. The number of likely N-dealkylation sites (tertiary alicyclic amines) is 1. The van der Waals surface area contributed by atoms with Crippen LogP contribution in [0.25, 0.3) is 10.9 Å². The lowest BCUT2D eigenvalue weighted by atomic mass is 10.1. The highest BCUT2D eigenvalue weighted by molar-refractivity contribution is 5.95. The van der Waals surface area contributed by atoms with Crippen LogP contribution in [0.3, 0.4) is 0 Å². The molecule has 0 spiro atoms. The number of carbonyl (C=O) groups is 1. The van der Waals surface area contributed by atoms with Gasteiger partial charge in [-0.05, 0) is 12.1 Å². The summed E-state index contributed by atoms with van der Waals surface area (Å²) in [6.45, 7) is 0.820. The first kappa shape index (κ1) is 10.2. The lowest BCUT2D eigenvalue weighted by molar-refractivity contribution is 0.00553. The summed E-state index contributed by atoms with van der Waals surface area (Å²) < 4.78 is 0. The molecule has 0 radical (unpaired) electrons. The second-order valence-corrected chi connectivity index (χ2v) is 4.25. The van der Waals surface area contributed by atoms with E-state index in [0.717, 1.165) is 10.9 Å². The van der Waals surface area contributed by atoms with Crippen LogP contribution in [0.5, 0.6) is 0 Å². The lowest BCUT2D eigenvalue weighted by Gasteiger charge is -2.35. The normalized spacial score (nSPS) is 15.9. The van der Waals surface area contributed by atoms with Crippen LogP contribution < -0.4 is 0 Å². The molecular formula is C13H12N2O2. The summed E-state index contributed by atoms with van der Waals surface area (Å²) in [6, 6.07) is 11.3. The van der Waals surface area contributed by atoms with Crippen LogP contribution in [0, 0.1) is 0 Å². The summed E-state index contributed by atoms with van der Waals surface area (Å²) in [5.74, 6) is -0.110. The van der Waals surface area contributed by atoms with Crippen molar-refractivity contribution in [3.8, 4) is 0 Å². The number of fused-ring (bicyclic) bond motifs is 1. The Labute approximate surface area is 98.5 Å². The zero-order valence-corrected chi connectivity index (χ0v) is 9.21. The Kier molecular flexibility index (Phi) is 2.30. The molecule has 1 aliphatic heterocycles. The summed E-state index contributed by atoms with van der Waals surface area (Å²) in [5.41, 5.74) is 1.26. The molecule has 2 heterocycles. The van der Waals surface area contributed by atoms with E-state index < -0.39 is 0 Å². The van der Waals surface area contributed by atoms with E-state index in [0.29, 0.717) is 18.8 Å². The van der Waals surface area contributed by atoms with E-state index in [-0.39, 0.29) is 12.0 Å². The van der Waals surface area contributed by atoms with E-state index in [1.54, 1.807) is 11.0 Å². The Morgan fingerprint density at radius 1 is 1.24 bits per heavy atom. The summed E-state index contributed by atoms with van der Waals surface area (Å²) in [4.78, 5) is 17.9. The van der Waals surface area contributed by atoms with Crippen molar-refractivity contribution in [1.29, 1.82) is 0 Å². The summed E-state index contributed by atoms with van der Waals surface area (Å²) in [6.07, 6.45) is -0.376. The molecule has 0 bridgehead atoms. The van der Waals surface area contributed by atoms with Gasteiger partial charge in [-0.2, -0.15) is 0 Å². The topological polar surface area (TPSA) is 53.4 Å². The van der Waals surface area contributed by atoms with Gasteiger partial charge in [0.05, 0.1) is 11.6 Å². The zero-order chi connectivity index (χ0) is 11.8. The first-order chi connectivity index (χ1) is 8.24. The number of carbonyl (C=O) groups excluding carboxylic acids is 1. The van der Waals surface area contributed by atoms with Crippen molar-refractivity contribution >= 4 is 16.8 Å². The first-order valence-electron chi connectivity index (χ1n) is 5.57. The Morgan fingerprint density at radius 2 is 2.00 bits per heavy atom. The Morgan fingerprint density at radius 3 is 2.76 bits per heavy atom. The molecule has 1 amide bonds. The minimum atomic E-state index is -0.376. The van der Waals surface area contributed by atoms with Gasteiger partial charge in [0.2, 0.25) is 0 Å². The fourth-order valence-electron chi connectivity index (χ4n) is 1.97. The van der Waals surface area contributed by atoms with Crippen LogP contribution in [-0.2, 0) is 0 Å². The molecule has 1 aliphatic rings. The SMILES string of the molecule is O=C(c1ccc2ccccc2n1)N1CC(O)C1. The average Bonchev–Trinajstić information content (AvgIpc) is 2.33. The van der Waals surface area contributed by atoms with Crippen LogP contribution in [-0.4, -0.2) is 40.1 Å². The predicted octanol–water partition coefficient (Wildman–Crippen LogP) is 1.05. The molecule has 1 aromatic heterocycles. The molecule has 1 aromatic carbocycles. The van der Waals surface area contributed by atoms with E-state index in [4.69, 9.17) is 0 Å². The smallest absolute Gasteiger partial charge is 0.272 e. The van der Waals surface area contributed by atoms with E-state index in [2.05, 4.69) is 4.98 Å². The van der Waals surface area contributed by atoms with Crippen molar-refractivity contribution in [2.75, 3.05) is 13.1 Å². The van der Waals surface area contributed by atoms with Gasteiger partial charge in [-0.15, -0.1) is 0 Å². The molecule has 0 saturated carbocycles. The minimum Gasteiger partial charge on any atom is -0.389 e. The monoisotopic (exact) mass is 228 g/mol. The van der Waals surface area contributed by atoms with Crippen molar-refractivity contribution in [1.82, 2.24) is 9.88 Å². The van der Waals surface area contributed by atoms with E-state index in [1.165, 1.54) is 0 Å². The zero-order valence-electron chi connectivity index (χ0n) is 9.21. The molecule has 0 unspecified atom stereocenters. The Hall–Kier alpha value is -1.94. The van der Waals surface area contributed by atoms with Crippen LogP contribution in [0.2, 0.25) is 0 Å². The second kappa shape index (κ2) is 3.82. The number of rotatable bonds is 1. The van der Waals surface area contributed by atoms with Gasteiger partial charge >= 0.3 is 0 Å². The number of aromatic nitrogens is 1. The molecule has 1 fully saturated rings. The van der Waals surface area contributed by atoms with Gasteiger partial charge in [0.25, 0.3) is 5.91 Å². The van der Waals surface area contributed by atoms with Gasteiger partial charge in [0, 0.05) is 18.5 Å². The second-order valence-electron chi connectivity index (χ2n) is 4.25.